The number of hydrogen-bond donors (Lipinski definition) is 3. The summed E-state index contributed by atoms with van der Waals surface area (Å²) in [7, 11) is 0. The van der Waals surface area contributed by atoms with Crippen LogP contribution in [-0.4, -0.2) is 28.6 Å². The smallest absolute Gasteiger partial charge is 0.315 e. The number of amides is 2. The van der Waals surface area contributed by atoms with Gasteiger partial charge in [0.15, 0.2) is 0 Å². The molecule has 1 aromatic heterocycles. The second-order valence-electron chi connectivity index (χ2n) is 3.47. The average Bonchev–Trinajstić information content (AvgIpc) is 2.67. The zero-order valence-electron chi connectivity index (χ0n) is 9.52. The predicted molar refractivity (Wildman–Crippen MR) is 64.0 cm³/mol. The minimum atomic E-state index is -0.856. The standard InChI is InChI=1S/C10H15N3O3S/c1-7-5-12-8(17-7)6-13-10(16)11-4-2-3-9(14)15/h5H,2-4,6H2,1H3,(H,14,15)(H2,11,13,16). The lowest BCUT2D eigenvalue weighted by atomic mass is 10.3. The predicted octanol–water partition coefficient (Wildman–Crippen LogP) is 1.12. The van der Waals surface area contributed by atoms with Crippen molar-refractivity contribution in [1.82, 2.24) is 15.6 Å². The minimum absolute atomic E-state index is 0.0615. The Morgan fingerprint density at radius 2 is 2.24 bits per heavy atom. The van der Waals surface area contributed by atoms with Gasteiger partial charge in [0, 0.05) is 24.0 Å². The van der Waals surface area contributed by atoms with E-state index in [9.17, 15) is 9.59 Å². The summed E-state index contributed by atoms with van der Waals surface area (Å²) in [5, 5.41) is 14.5. The molecule has 0 aliphatic rings. The van der Waals surface area contributed by atoms with Gasteiger partial charge in [0.1, 0.15) is 5.01 Å². The first-order chi connectivity index (χ1) is 8.08. The summed E-state index contributed by atoms with van der Waals surface area (Å²) in [4.78, 5) is 26.7. The van der Waals surface area contributed by atoms with Crippen molar-refractivity contribution in [3.63, 3.8) is 0 Å². The van der Waals surface area contributed by atoms with Gasteiger partial charge < -0.3 is 15.7 Å². The molecule has 0 spiro atoms. The Morgan fingerprint density at radius 1 is 1.47 bits per heavy atom. The van der Waals surface area contributed by atoms with Gasteiger partial charge in [-0.3, -0.25) is 4.79 Å². The van der Waals surface area contributed by atoms with Crippen LogP contribution in [0.4, 0.5) is 4.79 Å². The number of thiazole rings is 1. The summed E-state index contributed by atoms with van der Waals surface area (Å²) in [6, 6.07) is -0.303. The van der Waals surface area contributed by atoms with E-state index in [0.29, 0.717) is 19.5 Å². The largest absolute Gasteiger partial charge is 0.481 e. The number of urea groups is 1. The third-order valence-corrected chi connectivity index (χ3v) is 2.84. The van der Waals surface area contributed by atoms with Crippen molar-refractivity contribution < 1.29 is 14.7 Å². The third-order valence-electron chi connectivity index (χ3n) is 1.92. The number of hydrogen-bond acceptors (Lipinski definition) is 4. The first-order valence-electron chi connectivity index (χ1n) is 5.22. The molecule has 7 heteroatoms. The van der Waals surface area contributed by atoms with Crippen LogP contribution in [0, 0.1) is 6.92 Å². The maximum absolute atomic E-state index is 11.3. The lowest BCUT2D eigenvalue weighted by Gasteiger charge is -2.05. The molecule has 0 saturated carbocycles. The molecule has 0 unspecified atom stereocenters. The number of carboxylic acid groups (broad SMARTS) is 1. The van der Waals surface area contributed by atoms with Crippen LogP contribution in [-0.2, 0) is 11.3 Å². The van der Waals surface area contributed by atoms with Gasteiger partial charge in [-0.2, -0.15) is 0 Å². The van der Waals surface area contributed by atoms with Crippen molar-refractivity contribution in [3.05, 3.63) is 16.1 Å². The SMILES string of the molecule is Cc1cnc(CNC(=O)NCCCC(=O)O)s1. The molecular formula is C10H15N3O3S. The molecule has 6 nitrogen and oxygen atoms in total. The highest BCUT2D eigenvalue weighted by atomic mass is 32.1. The second kappa shape index (κ2) is 6.85. The Labute approximate surface area is 103 Å². The number of aliphatic carboxylic acids is 1. The number of carbonyl (C=O) groups excluding carboxylic acids is 1. The molecule has 0 aliphatic heterocycles. The van der Waals surface area contributed by atoms with E-state index in [2.05, 4.69) is 15.6 Å². The normalized spacial score (nSPS) is 9.94. The second-order valence-corrected chi connectivity index (χ2v) is 4.79. The monoisotopic (exact) mass is 257 g/mol. The van der Waals surface area contributed by atoms with Gasteiger partial charge in [-0.05, 0) is 13.3 Å². The van der Waals surface area contributed by atoms with Crippen molar-refractivity contribution in [3.8, 4) is 0 Å². The number of nitrogens with one attached hydrogen (secondary N) is 2. The maximum Gasteiger partial charge on any atom is 0.315 e. The number of carboxylic acids is 1. The Kier molecular flexibility index (Phi) is 5.41. The number of carbonyl (C=O) groups is 2. The van der Waals surface area contributed by atoms with Gasteiger partial charge in [-0.15, -0.1) is 11.3 Å². The molecule has 1 heterocycles. The van der Waals surface area contributed by atoms with Gasteiger partial charge in [0.25, 0.3) is 0 Å². The van der Waals surface area contributed by atoms with Crippen molar-refractivity contribution in [2.24, 2.45) is 0 Å². The summed E-state index contributed by atoms with van der Waals surface area (Å²) in [5.41, 5.74) is 0. The van der Waals surface area contributed by atoms with Crippen LogP contribution in [0.3, 0.4) is 0 Å². The average molecular weight is 257 g/mol. The van der Waals surface area contributed by atoms with Crippen LogP contribution in [0.1, 0.15) is 22.7 Å². The minimum Gasteiger partial charge on any atom is -0.481 e. The summed E-state index contributed by atoms with van der Waals surface area (Å²) < 4.78 is 0. The van der Waals surface area contributed by atoms with Crippen LogP contribution in [0.5, 0.6) is 0 Å². The molecule has 0 radical (unpaired) electrons. The van der Waals surface area contributed by atoms with E-state index in [1.54, 1.807) is 6.20 Å². The van der Waals surface area contributed by atoms with E-state index in [4.69, 9.17) is 5.11 Å². The first-order valence-corrected chi connectivity index (χ1v) is 6.04. The Balaban J connectivity index is 2.11. The summed E-state index contributed by atoms with van der Waals surface area (Å²) in [5.74, 6) is -0.856. The van der Waals surface area contributed by atoms with Crippen molar-refractivity contribution in [2.45, 2.75) is 26.3 Å². The van der Waals surface area contributed by atoms with E-state index in [1.807, 2.05) is 6.92 Å². The van der Waals surface area contributed by atoms with Crippen LogP contribution in [0.15, 0.2) is 6.20 Å². The molecular weight excluding hydrogens is 242 g/mol. The van der Waals surface area contributed by atoms with Crippen molar-refractivity contribution in [2.75, 3.05) is 6.54 Å². The number of rotatable bonds is 6. The van der Waals surface area contributed by atoms with Crippen LogP contribution < -0.4 is 10.6 Å². The quantitative estimate of drug-likeness (QED) is 0.666. The lowest BCUT2D eigenvalue weighted by Crippen LogP contribution is -2.35. The summed E-state index contributed by atoms with van der Waals surface area (Å²) >= 11 is 1.53. The number of aromatic nitrogens is 1. The fourth-order valence-corrected chi connectivity index (χ4v) is 1.87. The van der Waals surface area contributed by atoms with E-state index in [0.717, 1.165) is 9.88 Å². The molecule has 0 fully saturated rings. The molecule has 94 valence electrons. The molecule has 17 heavy (non-hydrogen) atoms. The van der Waals surface area contributed by atoms with Gasteiger partial charge in [-0.1, -0.05) is 0 Å². The van der Waals surface area contributed by atoms with Crippen LogP contribution >= 0.6 is 11.3 Å². The molecule has 3 N–H and O–H groups in total. The van der Waals surface area contributed by atoms with E-state index >= 15 is 0 Å². The van der Waals surface area contributed by atoms with Crippen LogP contribution in [0.25, 0.3) is 0 Å². The van der Waals surface area contributed by atoms with Crippen molar-refractivity contribution in [1.29, 1.82) is 0 Å². The maximum atomic E-state index is 11.3. The Morgan fingerprint density at radius 3 is 2.82 bits per heavy atom. The summed E-state index contributed by atoms with van der Waals surface area (Å²) in [6.07, 6.45) is 2.25. The van der Waals surface area contributed by atoms with Gasteiger partial charge in [0.2, 0.25) is 0 Å². The molecule has 1 rings (SSSR count). The zero-order chi connectivity index (χ0) is 12.7. The van der Waals surface area contributed by atoms with E-state index in [1.165, 1.54) is 11.3 Å². The molecule has 0 aromatic carbocycles. The zero-order valence-corrected chi connectivity index (χ0v) is 10.3. The highest BCUT2D eigenvalue weighted by Crippen LogP contribution is 2.10. The first kappa shape index (κ1) is 13.4. The molecule has 0 aliphatic carbocycles. The number of nitrogens with zero attached hydrogens (tertiary/aromatic N) is 1. The topological polar surface area (TPSA) is 91.3 Å². The Hall–Kier alpha value is -1.63. The highest BCUT2D eigenvalue weighted by molar-refractivity contribution is 7.11. The lowest BCUT2D eigenvalue weighted by molar-refractivity contribution is -0.137. The fraction of sp³-hybridized carbons (Fsp3) is 0.500. The van der Waals surface area contributed by atoms with Gasteiger partial charge in [-0.25, -0.2) is 9.78 Å². The third kappa shape index (κ3) is 5.86. The molecule has 0 atom stereocenters. The molecule has 0 bridgehead atoms. The Bertz CT molecular complexity index is 392. The van der Waals surface area contributed by atoms with Crippen LogP contribution in [0.2, 0.25) is 0 Å². The fourth-order valence-electron chi connectivity index (χ4n) is 1.14. The van der Waals surface area contributed by atoms with Gasteiger partial charge in [0.05, 0.1) is 6.54 Å². The van der Waals surface area contributed by atoms with E-state index in [-0.39, 0.29) is 12.5 Å². The van der Waals surface area contributed by atoms with Crippen molar-refractivity contribution >= 4 is 23.3 Å². The van der Waals surface area contributed by atoms with E-state index < -0.39 is 5.97 Å². The number of aryl methyl sites for hydroxylation is 1. The summed E-state index contributed by atoms with van der Waals surface area (Å²) in [6.45, 7) is 2.70. The molecule has 2 amide bonds. The van der Waals surface area contributed by atoms with Gasteiger partial charge >= 0.3 is 12.0 Å². The molecule has 0 saturated heterocycles. The highest BCUT2D eigenvalue weighted by Gasteiger charge is 2.03. The molecule has 1 aromatic rings.